The molecule has 2 atom stereocenters. The second kappa shape index (κ2) is 6.30. The Labute approximate surface area is 97.9 Å². The van der Waals surface area contributed by atoms with Gasteiger partial charge >= 0.3 is 6.41 Å². The fourth-order valence-electron chi connectivity index (χ4n) is 1.93. The van der Waals surface area contributed by atoms with E-state index in [-0.39, 0.29) is 6.23 Å². The number of piperazine rings is 1. The van der Waals surface area contributed by atoms with Crippen LogP contribution >= 0.6 is 0 Å². The molecule has 1 rings (SSSR count). The Morgan fingerprint density at radius 3 is 2.88 bits per heavy atom. The summed E-state index contributed by atoms with van der Waals surface area (Å²) in [7, 11) is 4.02. The molecule has 0 spiro atoms. The molecular weight excluding hydrogens is 206 g/mol. The molecule has 16 heavy (non-hydrogen) atoms. The quantitative estimate of drug-likeness (QED) is 0.618. The first kappa shape index (κ1) is 13.6. The summed E-state index contributed by atoms with van der Waals surface area (Å²) in [6.07, 6.45) is 2.08. The van der Waals surface area contributed by atoms with Gasteiger partial charge in [0.2, 0.25) is 6.23 Å². The van der Waals surface area contributed by atoms with Crippen molar-refractivity contribution in [2.45, 2.75) is 13.2 Å². The number of amides is 1. The van der Waals surface area contributed by atoms with E-state index in [2.05, 4.69) is 16.6 Å². The third-order valence-corrected chi connectivity index (χ3v) is 3.15. The Morgan fingerprint density at radius 2 is 2.31 bits per heavy atom. The second-order valence-electron chi connectivity index (χ2n) is 4.50. The van der Waals surface area contributed by atoms with E-state index in [4.69, 9.17) is 4.74 Å². The Balaban J connectivity index is 2.50. The molecule has 1 radical (unpaired) electrons. The summed E-state index contributed by atoms with van der Waals surface area (Å²) in [5.41, 5.74) is 0. The lowest BCUT2D eigenvalue weighted by Gasteiger charge is -2.40. The minimum absolute atomic E-state index is 0.0869. The summed E-state index contributed by atoms with van der Waals surface area (Å²) < 4.78 is 6.10. The van der Waals surface area contributed by atoms with Gasteiger partial charge in [0, 0.05) is 13.1 Å². The SMILES string of the molecule is CC[N+]1([C]=O)CCNCC1OCCN(C)C. The maximum absolute atomic E-state index is 11.1. The number of hydrogen-bond donors (Lipinski definition) is 1. The molecule has 93 valence electrons. The van der Waals surface area contributed by atoms with Crippen LogP contribution in [0, 0.1) is 0 Å². The van der Waals surface area contributed by atoms with E-state index < -0.39 is 0 Å². The van der Waals surface area contributed by atoms with Crippen molar-refractivity contribution < 1.29 is 14.0 Å². The van der Waals surface area contributed by atoms with Gasteiger partial charge in [0.15, 0.2) is 0 Å². The average Bonchev–Trinajstić information content (AvgIpc) is 2.29. The van der Waals surface area contributed by atoms with Gasteiger partial charge in [0.05, 0.1) is 19.7 Å². The van der Waals surface area contributed by atoms with Crippen LogP contribution in [-0.2, 0) is 9.53 Å². The van der Waals surface area contributed by atoms with Crippen LogP contribution in [-0.4, -0.2) is 75.4 Å². The number of carbonyl (C=O) groups excluding carboxylic acids is 1. The lowest BCUT2D eigenvalue weighted by atomic mass is 10.2. The molecule has 5 nitrogen and oxygen atoms in total. The zero-order valence-electron chi connectivity index (χ0n) is 10.5. The normalized spacial score (nSPS) is 30.6. The molecule has 1 saturated heterocycles. The molecule has 1 amide bonds. The van der Waals surface area contributed by atoms with Crippen LogP contribution in [0.2, 0.25) is 0 Å². The molecule has 1 fully saturated rings. The molecular formula is C11H23N3O2+. The minimum Gasteiger partial charge on any atom is -0.326 e. The van der Waals surface area contributed by atoms with Crippen LogP contribution < -0.4 is 5.32 Å². The van der Waals surface area contributed by atoms with Crippen LogP contribution in [0.1, 0.15) is 6.92 Å². The van der Waals surface area contributed by atoms with Crippen molar-refractivity contribution >= 4 is 6.41 Å². The third kappa shape index (κ3) is 3.25. The summed E-state index contributed by atoms with van der Waals surface area (Å²) in [5, 5.41) is 3.26. The maximum atomic E-state index is 11.1. The highest BCUT2D eigenvalue weighted by molar-refractivity contribution is 5.39. The van der Waals surface area contributed by atoms with Crippen molar-refractivity contribution in [2.75, 3.05) is 53.4 Å². The molecule has 0 aliphatic carbocycles. The van der Waals surface area contributed by atoms with E-state index in [0.717, 1.165) is 32.7 Å². The summed E-state index contributed by atoms with van der Waals surface area (Å²) >= 11 is 0. The molecule has 2 unspecified atom stereocenters. The Kier molecular flexibility index (Phi) is 5.34. The van der Waals surface area contributed by atoms with Crippen LogP contribution in [0.5, 0.6) is 0 Å². The van der Waals surface area contributed by atoms with Gasteiger partial charge in [-0.3, -0.25) is 0 Å². The highest BCUT2D eigenvalue weighted by Gasteiger charge is 2.40. The average molecular weight is 229 g/mol. The topological polar surface area (TPSA) is 41.6 Å². The van der Waals surface area contributed by atoms with E-state index in [1.54, 1.807) is 0 Å². The number of hydrogen-bond acceptors (Lipinski definition) is 4. The molecule has 0 aromatic heterocycles. The zero-order chi connectivity index (χ0) is 12.0. The van der Waals surface area contributed by atoms with Gasteiger partial charge in [-0.25, -0.2) is 9.28 Å². The summed E-state index contributed by atoms with van der Waals surface area (Å²) in [4.78, 5) is 13.2. The molecule has 0 bridgehead atoms. The van der Waals surface area contributed by atoms with Gasteiger partial charge in [-0.15, -0.1) is 0 Å². The lowest BCUT2D eigenvalue weighted by molar-refractivity contribution is -0.890. The van der Waals surface area contributed by atoms with Crippen molar-refractivity contribution in [1.82, 2.24) is 10.2 Å². The molecule has 0 aromatic carbocycles. The number of rotatable bonds is 6. The van der Waals surface area contributed by atoms with E-state index in [1.165, 1.54) is 0 Å². The molecule has 1 N–H and O–H groups in total. The first-order chi connectivity index (χ1) is 7.64. The predicted octanol–water partition coefficient (Wildman–Crippen LogP) is -0.602. The first-order valence-corrected chi connectivity index (χ1v) is 5.88. The first-order valence-electron chi connectivity index (χ1n) is 5.88. The summed E-state index contributed by atoms with van der Waals surface area (Å²) in [6, 6.07) is 0. The highest BCUT2D eigenvalue weighted by atomic mass is 16.5. The fraction of sp³-hybridized carbons (Fsp3) is 0.909. The number of nitrogens with zero attached hydrogens (tertiary/aromatic N) is 2. The van der Waals surface area contributed by atoms with Gasteiger partial charge in [-0.2, -0.15) is 0 Å². The number of quaternary nitrogens is 1. The largest absolute Gasteiger partial charge is 0.445 e. The van der Waals surface area contributed by atoms with Crippen molar-refractivity contribution in [1.29, 1.82) is 0 Å². The maximum Gasteiger partial charge on any atom is 0.445 e. The van der Waals surface area contributed by atoms with E-state index >= 15 is 0 Å². The van der Waals surface area contributed by atoms with Gasteiger partial charge < -0.3 is 15.0 Å². The Bertz CT molecular complexity index is 223. The van der Waals surface area contributed by atoms with E-state index in [9.17, 15) is 4.79 Å². The van der Waals surface area contributed by atoms with Crippen molar-refractivity contribution in [3.05, 3.63) is 0 Å². The Hall–Kier alpha value is -0.490. The minimum atomic E-state index is -0.0869. The van der Waals surface area contributed by atoms with Gasteiger partial charge in [0.1, 0.15) is 6.54 Å². The number of ether oxygens (including phenoxy) is 1. The van der Waals surface area contributed by atoms with E-state index in [1.807, 2.05) is 21.0 Å². The van der Waals surface area contributed by atoms with Crippen LogP contribution in [0.15, 0.2) is 0 Å². The monoisotopic (exact) mass is 229 g/mol. The fourth-order valence-corrected chi connectivity index (χ4v) is 1.93. The molecule has 1 aliphatic rings. The third-order valence-electron chi connectivity index (χ3n) is 3.15. The van der Waals surface area contributed by atoms with Crippen LogP contribution in [0.4, 0.5) is 0 Å². The lowest BCUT2D eigenvalue weighted by Crippen LogP contribution is -2.65. The molecule has 5 heteroatoms. The summed E-state index contributed by atoms with van der Waals surface area (Å²) in [6.45, 7) is 6.65. The summed E-state index contributed by atoms with van der Waals surface area (Å²) in [5.74, 6) is 0. The predicted molar refractivity (Wildman–Crippen MR) is 62.5 cm³/mol. The number of nitrogens with one attached hydrogen (secondary N) is 1. The molecule has 1 heterocycles. The Morgan fingerprint density at radius 1 is 1.56 bits per heavy atom. The molecule has 1 aliphatic heterocycles. The highest BCUT2D eigenvalue weighted by Crippen LogP contribution is 2.14. The smallest absolute Gasteiger partial charge is 0.326 e. The molecule has 0 saturated carbocycles. The zero-order valence-corrected chi connectivity index (χ0v) is 10.5. The second-order valence-corrected chi connectivity index (χ2v) is 4.50. The van der Waals surface area contributed by atoms with Gasteiger partial charge in [-0.1, -0.05) is 0 Å². The molecule has 0 aromatic rings. The van der Waals surface area contributed by atoms with Crippen molar-refractivity contribution in [3.63, 3.8) is 0 Å². The standard InChI is InChI=1S/C11H23N3O2/c1-4-14(10-15)7-5-12-9-11(14)16-8-6-13(2)3/h11-12H,4-9H2,1-3H3/q+1. The van der Waals surface area contributed by atoms with Gasteiger partial charge in [0.25, 0.3) is 0 Å². The van der Waals surface area contributed by atoms with Crippen LogP contribution in [0.25, 0.3) is 0 Å². The van der Waals surface area contributed by atoms with Gasteiger partial charge in [-0.05, 0) is 21.0 Å². The van der Waals surface area contributed by atoms with E-state index in [0.29, 0.717) is 11.1 Å². The van der Waals surface area contributed by atoms with Crippen molar-refractivity contribution in [2.24, 2.45) is 0 Å². The van der Waals surface area contributed by atoms with Crippen LogP contribution in [0.3, 0.4) is 0 Å². The van der Waals surface area contributed by atoms with Crippen molar-refractivity contribution in [3.8, 4) is 0 Å². The number of likely N-dealkylation sites (N-methyl/N-ethyl adjacent to an activating group) is 2.